The van der Waals surface area contributed by atoms with E-state index in [0.717, 1.165) is 22.8 Å². The largest absolute Gasteiger partial charge is 0.394 e. The molecule has 0 saturated heterocycles. The summed E-state index contributed by atoms with van der Waals surface area (Å²) >= 11 is 7.00. The lowest BCUT2D eigenvalue weighted by molar-refractivity contribution is 0.0989. The van der Waals surface area contributed by atoms with Gasteiger partial charge in [-0.1, -0.05) is 11.6 Å². The van der Waals surface area contributed by atoms with E-state index in [1.165, 1.54) is 12.4 Å². The first-order valence-corrected chi connectivity index (χ1v) is 10.9. The van der Waals surface area contributed by atoms with Gasteiger partial charge in [0.15, 0.2) is 0 Å². The number of hydrogen-bond donors (Lipinski definition) is 4. The van der Waals surface area contributed by atoms with E-state index in [0.29, 0.717) is 34.4 Å². The van der Waals surface area contributed by atoms with Gasteiger partial charge >= 0.3 is 0 Å². The number of carbonyl (C=O) groups is 1. The summed E-state index contributed by atoms with van der Waals surface area (Å²) in [5.74, 6) is -0.207. The van der Waals surface area contributed by atoms with Gasteiger partial charge in [-0.15, -0.1) is 0 Å². The van der Waals surface area contributed by atoms with E-state index in [9.17, 15) is 14.7 Å². The highest BCUT2D eigenvalue weighted by Gasteiger charge is 2.27. The van der Waals surface area contributed by atoms with Gasteiger partial charge in [-0.3, -0.25) is 23.9 Å². The second-order valence-corrected chi connectivity index (χ2v) is 8.42. The third-order valence-electron chi connectivity index (χ3n) is 4.90. The summed E-state index contributed by atoms with van der Waals surface area (Å²) in [6.07, 6.45) is 5.30. The van der Waals surface area contributed by atoms with Crippen LogP contribution in [-0.4, -0.2) is 50.4 Å². The number of nitrogens with one attached hydrogen (secondary N) is 2. The Labute approximate surface area is 192 Å². The van der Waals surface area contributed by atoms with Crippen LogP contribution in [0, 0.1) is 0 Å². The molecule has 12 heteroatoms. The average Bonchev–Trinajstić information content (AvgIpc) is 3.36. The fourth-order valence-electron chi connectivity index (χ4n) is 3.35. The Balaban J connectivity index is 1.59. The first-order chi connectivity index (χ1) is 15.4. The van der Waals surface area contributed by atoms with Gasteiger partial charge in [0.2, 0.25) is 0 Å². The molecule has 1 amide bonds. The number of nitrogens with zero attached hydrogens (tertiary/aromatic N) is 4. The topological polar surface area (TPSA) is 150 Å². The predicted octanol–water partition coefficient (Wildman–Crippen LogP) is 1.91. The van der Waals surface area contributed by atoms with Crippen molar-refractivity contribution in [3.05, 3.63) is 62.9 Å². The molecule has 0 spiro atoms. The summed E-state index contributed by atoms with van der Waals surface area (Å²) in [5, 5.41) is 13.1. The highest BCUT2D eigenvalue weighted by atomic mass is 35.5. The lowest BCUT2D eigenvalue weighted by Gasteiger charge is -2.17. The van der Waals surface area contributed by atoms with Crippen LogP contribution in [0.2, 0.25) is 5.15 Å². The summed E-state index contributed by atoms with van der Waals surface area (Å²) in [6, 6.07) is 2.96. The van der Waals surface area contributed by atoms with Gasteiger partial charge in [0.25, 0.3) is 11.5 Å². The van der Waals surface area contributed by atoms with E-state index in [1.54, 1.807) is 30.2 Å². The van der Waals surface area contributed by atoms with Gasteiger partial charge in [-0.05, 0) is 42.6 Å². The Bertz CT molecular complexity index is 1260. The molecular weight excluding hydrogens is 454 g/mol. The molecule has 4 rings (SSSR count). The van der Waals surface area contributed by atoms with Gasteiger partial charge in [0, 0.05) is 12.7 Å². The summed E-state index contributed by atoms with van der Waals surface area (Å²) in [4.78, 5) is 39.4. The number of aliphatic imine (C=N–C) groups is 1. The number of hydrogen-bond acceptors (Lipinski definition) is 8. The maximum Gasteiger partial charge on any atom is 0.271 e. The Morgan fingerprint density at radius 1 is 1.44 bits per heavy atom. The molecule has 1 atom stereocenters. The van der Waals surface area contributed by atoms with Crippen molar-refractivity contribution in [2.75, 3.05) is 23.4 Å². The van der Waals surface area contributed by atoms with Crippen LogP contribution < -0.4 is 21.5 Å². The van der Waals surface area contributed by atoms with E-state index in [2.05, 4.69) is 24.7 Å². The average molecular weight is 474 g/mol. The van der Waals surface area contributed by atoms with Crippen molar-refractivity contribution >= 4 is 51.3 Å². The van der Waals surface area contributed by atoms with Crippen molar-refractivity contribution < 1.29 is 9.90 Å². The number of aliphatic hydroxyl groups excluding tert-OH is 1. The number of amidine groups is 1. The van der Waals surface area contributed by atoms with E-state index >= 15 is 0 Å². The standard InChI is InChI=1S/C20H20ClN7O3S/c1-10(9-29)25-17(22)16-18(30)27-32-19(16)26-13-4-12(6-23-7-13)20(31)28-3-2-11-5-15(21)24-8-14(11)28/h4-8,10,26,29H,2-3,9H2,1H3,(H2,22,25)(H,27,30). The number of pyridine rings is 2. The van der Waals surface area contributed by atoms with Gasteiger partial charge in [0.05, 0.1) is 42.0 Å². The van der Waals surface area contributed by atoms with Crippen molar-refractivity contribution in [2.24, 2.45) is 10.7 Å². The summed E-state index contributed by atoms with van der Waals surface area (Å²) < 4.78 is 2.61. The molecule has 1 unspecified atom stereocenters. The van der Waals surface area contributed by atoms with Crippen molar-refractivity contribution in [3.63, 3.8) is 0 Å². The van der Waals surface area contributed by atoms with Gasteiger partial charge in [-0.25, -0.2) is 4.98 Å². The predicted molar refractivity (Wildman–Crippen MR) is 124 cm³/mol. The molecule has 4 heterocycles. The zero-order valence-corrected chi connectivity index (χ0v) is 18.6. The monoisotopic (exact) mass is 473 g/mol. The highest BCUT2D eigenvalue weighted by molar-refractivity contribution is 7.10. The minimum absolute atomic E-state index is 0.0107. The number of rotatable bonds is 6. The van der Waals surface area contributed by atoms with E-state index in [-0.39, 0.29) is 23.9 Å². The van der Waals surface area contributed by atoms with Crippen LogP contribution in [0.3, 0.4) is 0 Å². The molecule has 3 aromatic rings. The van der Waals surface area contributed by atoms with Crippen LogP contribution in [0.1, 0.15) is 28.4 Å². The lowest BCUT2D eigenvalue weighted by Crippen LogP contribution is -2.29. The van der Waals surface area contributed by atoms with E-state index < -0.39 is 11.6 Å². The van der Waals surface area contributed by atoms with E-state index in [4.69, 9.17) is 17.3 Å². The number of carbonyl (C=O) groups excluding carboxylic acids is 1. The quantitative estimate of drug-likeness (QED) is 0.242. The van der Waals surface area contributed by atoms with Gasteiger partial charge < -0.3 is 21.1 Å². The van der Waals surface area contributed by atoms with Crippen LogP contribution in [-0.2, 0) is 6.42 Å². The Kier molecular flexibility index (Phi) is 6.21. The van der Waals surface area contributed by atoms with Crippen LogP contribution in [0.4, 0.5) is 16.4 Å². The second-order valence-electron chi connectivity index (χ2n) is 7.21. The molecule has 0 aromatic carbocycles. The van der Waals surface area contributed by atoms with Crippen LogP contribution in [0.15, 0.2) is 40.5 Å². The summed E-state index contributed by atoms with van der Waals surface area (Å²) in [6.45, 7) is 2.01. The van der Waals surface area contributed by atoms with Gasteiger partial charge in [0.1, 0.15) is 21.6 Å². The molecule has 0 aliphatic carbocycles. The number of aromatic amines is 1. The number of aliphatic hydroxyl groups is 1. The molecule has 0 saturated carbocycles. The SMILES string of the molecule is CC(CO)N=C(N)c1c(Nc2cncc(C(=O)N3CCc4cc(Cl)ncc43)c2)s[nH]c1=O. The fraction of sp³-hybridized carbons (Fsp3) is 0.250. The van der Waals surface area contributed by atoms with Crippen LogP contribution in [0.5, 0.6) is 0 Å². The van der Waals surface area contributed by atoms with E-state index in [1.807, 2.05) is 0 Å². The summed E-state index contributed by atoms with van der Waals surface area (Å²) in [5.41, 5.74) is 8.32. The third-order valence-corrected chi connectivity index (χ3v) is 5.90. The Morgan fingerprint density at radius 2 is 2.25 bits per heavy atom. The Morgan fingerprint density at radius 3 is 3.03 bits per heavy atom. The van der Waals surface area contributed by atoms with Crippen molar-refractivity contribution in [2.45, 2.75) is 19.4 Å². The molecular formula is C20H20ClN7O3S. The molecule has 32 heavy (non-hydrogen) atoms. The number of anilines is 3. The second kappa shape index (κ2) is 9.07. The molecule has 166 valence electrons. The first-order valence-electron chi connectivity index (χ1n) is 9.71. The van der Waals surface area contributed by atoms with Crippen LogP contribution in [0.25, 0.3) is 0 Å². The number of amides is 1. The highest BCUT2D eigenvalue weighted by Crippen LogP contribution is 2.30. The van der Waals surface area contributed by atoms with Crippen molar-refractivity contribution in [1.82, 2.24) is 14.3 Å². The third kappa shape index (κ3) is 4.35. The molecule has 1 aliphatic heterocycles. The maximum atomic E-state index is 13.1. The number of halogens is 1. The minimum atomic E-state index is -0.447. The fourth-order valence-corrected chi connectivity index (χ4v) is 4.29. The molecule has 0 radical (unpaired) electrons. The maximum absolute atomic E-state index is 13.1. The number of nitrogens with two attached hydrogens (primary N) is 1. The van der Waals surface area contributed by atoms with Crippen LogP contribution >= 0.6 is 23.1 Å². The molecule has 1 aliphatic rings. The lowest BCUT2D eigenvalue weighted by atomic mass is 10.2. The van der Waals surface area contributed by atoms with Crippen molar-refractivity contribution in [3.8, 4) is 0 Å². The molecule has 5 N–H and O–H groups in total. The molecule has 0 fully saturated rings. The minimum Gasteiger partial charge on any atom is -0.394 e. The summed E-state index contributed by atoms with van der Waals surface area (Å²) in [7, 11) is 0. The molecule has 0 bridgehead atoms. The van der Waals surface area contributed by atoms with Crippen molar-refractivity contribution in [1.29, 1.82) is 0 Å². The number of H-pyrrole nitrogens is 1. The zero-order chi connectivity index (χ0) is 22.8. The smallest absolute Gasteiger partial charge is 0.271 e. The number of aromatic nitrogens is 3. The molecule has 3 aromatic heterocycles. The number of fused-ring (bicyclic) bond motifs is 1. The zero-order valence-electron chi connectivity index (χ0n) is 17.0. The van der Waals surface area contributed by atoms with Gasteiger partial charge in [-0.2, -0.15) is 0 Å². The Hall–Kier alpha value is -3.28. The first kappa shape index (κ1) is 21.9. The normalized spacial score (nSPS) is 14.3. The molecule has 10 nitrogen and oxygen atoms in total.